The molecule has 0 saturated carbocycles. The van der Waals surface area contributed by atoms with Gasteiger partial charge in [-0.25, -0.2) is 13.2 Å². The molecular formula is C15H17N3O4S. The number of benzene rings is 1. The number of nitrogens with one attached hydrogen (secondary N) is 2. The molecule has 122 valence electrons. The van der Waals surface area contributed by atoms with Crippen LogP contribution in [0.4, 0.5) is 10.5 Å². The van der Waals surface area contributed by atoms with Crippen LogP contribution in [0.3, 0.4) is 0 Å². The summed E-state index contributed by atoms with van der Waals surface area (Å²) in [5.74, 6) is 0.200. The van der Waals surface area contributed by atoms with E-state index < -0.39 is 21.3 Å². The molecule has 2 N–H and O–H groups in total. The van der Waals surface area contributed by atoms with Crippen LogP contribution in [-0.4, -0.2) is 37.7 Å². The summed E-state index contributed by atoms with van der Waals surface area (Å²) in [4.78, 5) is 12.0. The minimum atomic E-state index is -2.93. The number of sulfone groups is 1. The molecule has 0 atom stereocenters. The van der Waals surface area contributed by atoms with Crippen molar-refractivity contribution < 1.29 is 17.7 Å². The number of amides is 2. The van der Waals surface area contributed by atoms with Gasteiger partial charge in [-0.15, -0.1) is 0 Å². The van der Waals surface area contributed by atoms with Gasteiger partial charge in [0.25, 0.3) is 0 Å². The van der Waals surface area contributed by atoms with Crippen molar-refractivity contribution in [2.45, 2.75) is 6.92 Å². The average Bonchev–Trinajstić information content (AvgIpc) is 2.92. The molecule has 1 aliphatic heterocycles. The lowest BCUT2D eigenvalue weighted by atomic mass is 9.95. The molecule has 0 radical (unpaired) electrons. The minimum Gasteiger partial charge on any atom is -0.362 e. The van der Waals surface area contributed by atoms with E-state index in [1.807, 2.05) is 37.3 Å². The molecule has 1 aromatic heterocycles. The van der Waals surface area contributed by atoms with Gasteiger partial charge in [-0.3, -0.25) is 0 Å². The van der Waals surface area contributed by atoms with E-state index in [2.05, 4.69) is 15.8 Å². The summed E-state index contributed by atoms with van der Waals surface area (Å²) >= 11 is 0. The predicted molar refractivity (Wildman–Crippen MR) is 85.7 cm³/mol. The van der Waals surface area contributed by atoms with Crippen molar-refractivity contribution in [3.8, 4) is 11.3 Å². The van der Waals surface area contributed by atoms with Gasteiger partial charge in [0.05, 0.1) is 11.5 Å². The molecule has 1 aliphatic rings. The van der Waals surface area contributed by atoms with Crippen LogP contribution in [0.25, 0.3) is 11.3 Å². The highest BCUT2D eigenvalue weighted by Crippen LogP contribution is 2.31. The molecule has 2 amide bonds. The van der Waals surface area contributed by atoms with E-state index in [9.17, 15) is 13.2 Å². The Balaban J connectivity index is 1.60. The Morgan fingerprint density at radius 3 is 2.65 bits per heavy atom. The normalized spacial score (nSPS) is 18.0. The molecule has 2 heterocycles. The van der Waals surface area contributed by atoms with E-state index in [1.165, 1.54) is 6.26 Å². The van der Waals surface area contributed by atoms with Gasteiger partial charge in [0.1, 0.15) is 17.6 Å². The first-order valence-corrected chi connectivity index (χ1v) is 8.94. The first-order valence-electron chi connectivity index (χ1n) is 7.12. The second-order valence-corrected chi connectivity index (χ2v) is 8.16. The topological polar surface area (TPSA) is 101 Å². The van der Waals surface area contributed by atoms with E-state index in [4.69, 9.17) is 4.52 Å². The number of rotatable bonds is 4. The molecule has 7 nitrogen and oxygen atoms in total. The number of hydrogen-bond acceptors (Lipinski definition) is 5. The third-order valence-electron chi connectivity index (χ3n) is 3.68. The number of aromatic nitrogens is 1. The number of carbonyl (C=O) groups excluding carboxylic acids is 1. The van der Waals surface area contributed by atoms with Crippen LogP contribution in [0.2, 0.25) is 0 Å². The zero-order valence-corrected chi connectivity index (χ0v) is 13.4. The Morgan fingerprint density at radius 2 is 2.00 bits per heavy atom. The molecule has 3 rings (SSSR count). The Hall–Kier alpha value is -2.35. The van der Waals surface area contributed by atoms with Gasteiger partial charge in [-0.2, -0.15) is 0 Å². The number of anilines is 1. The maximum Gasteiger partial charge on any atom is 0.319 e. The maximum atomic E-state index is 12.0. The van der Waals surface area contributed by atoms with Crippen LogP contribution in [0, 0.1) is 5.41 Å². The smallest absolute Gasteiger partial charge is 0.319 e. The van der Waals surface area contributed by atoms with Crippen molar-refractivity contribution in [2.24, 2.45) is 5.41 Å². The molecule has 8 heteroatoms. The number of carbonyl (C=O) groups is 1. The summed E-state index contributed by atoms with van der Waals surface area (Å²) in [6, 6.07) is 8.92. The van der Waals surface area contributed by atoms with Gasteiger partial charge in [-0.05, 0) is 0 Å². The lowest BCUT2D eigenvalue weighted by Gasteiger charge is -2.37. The average molecular weight is 335 g/mol. The van der Waals surface area contributed by atoms with Crippen molar-refractivity contribution in [3.63, 3.8) is 0 Å². The van der Waals surface area contributed by atoms with E-state index in [1.54, 1.807) is 0 Å². The molecule has 1 aromatic carbocycles. The maximum absolute atomic E-state index is 12.0. The summed E-state index contributed by atoms with van der Waals surface area (Å²) in [5.41, 5.74) is 1.43. The van der Waals surface area contributed by atoms with Crippen LogP contribution in [0.5, 0.6) is 0 Å². The number of hydrogen-bond donors (Lipinski definition) is 2. The highest BCUT2D eigenvalue weighted by molar-refractivity contribution is 7.92. The lowest BCUT2D eigenvalue weighted by Crippen LogP contribution is -2.53. The van der Waals surface area contributed by atoms with Crippen LogP contribution < -0.4 is 10.6 Å². The van der Waals surface area contributed by atoms with Crippen molar-refractivity contribution in [1.82, 2.24) is 10.5 Å². The highest BCUT2D eigenvalue weighted by atomic mass is 32.2. The fourth-order valence-electron chi connectivity index (χ4n) is 2.71. The van der Waals surface area contributed by atoms with E-state index in [0.29, 0.717) is 17.9 Å². The number of nitrogens with zero attached hydrogens (tertiary/aromatic N) is 1. The summed E-state index contributed by atoms with van der Waals surface area (Å²) in [5, 5.41) is 9.27. The monoisotopic (exact) mass is 335 g/mol. The zero-order valence-electron chi connectivity index (χ0n) is 12.6. The van der Waals surface area contributed by atoms with Crippen molar-refractivity contribution in [1.29, 1.82) is 0 Å². The molecule has 0 aliphatic carbocycles. The molecule has 2 aromatic rings. The van der Waals surface area contributed by atoms with Gasteiger partial charge in [0.15, 0.2) is 9.84 Å². The van der Waals surface area contributed by atoms with Crippen molar-refractivity contribution in [2.75, 3.05) is 23.4 Å². The first kappa shape index (κ1) is 15.5. The Bertz CT molecular complexity index is 802. The van der Waals surface area contributed by atoms with Gasteiger partial charge < -0.3 is 15.2 Å². The second-order valence-electron chi connectivity index (χ2n) is 6.09. The summed E-state index contributed by atoms with van der Waals surface area (Å²) in [6.45, 7) is 2.13. The van der Waals surface area contributed by atoms with Gasteiger partial charge >= 0.3 is 6.03 Å². The molecular weight excluding hydrogens is 318 g/mol. The van der Waals surface area contributed by atoms with E-state index in [-0.39, 0.29) is 11.5 Å². The summed E-state index contributed by atoms with van der Waals surface area (Å²) in [7, 11) is -2.93. The van der Waals surface area contributed by atoms with E-state index >= 15 is 0 Å². The summed E-state index contributed by atoms with van der Waals surface area (Å²) in [6.07, 6.45) is 1.36. The lowest BCUT2D eigenvalue weighted by molar-refractivity contribution is 0.245. The molecule has 0 spiro atoms. The quantitative estimate of drug-likeness (QED) is 0.888. The van der Waals surface area contributed by atoms with Gasteiger partial charge in [-0.1, -0.05) is 42.4 Å². The van der Waals surface area contributed by atoms with Crippen molar-refractivity contribution >= 4 is 21.6 Å². The molecule has 1 saturated heterocycles. The largest absolute Gasteiger partial charge is 0.362 e. The van der Waals surface area contributed by atoms with Gasteiger partial charge in [0, 0.05) is 17.5 Å². The number of urea groups is 1. The van der Waals surface area contributed by atoms with Crippen LogP contribution in [0.15, 0.2) is 41.1 Å². The zero-order chi connectivity index (χ0) is 16.5. The van der Waals surface area contributed by atoms with Crippen LogP contribution in [0.1, 0.15) is 6.92 Å². The highest BCUT2D eigenvalue weighted by Gasteiger charge is 2.44. The third kappa shape index (κ3) is 3.53. The van der Waals surface area contributed by atoms with Crippen LogP contribution in [-0.2, 0) is 9.84 Å². The predicted octanol–water partition coefficient (Wildman–Crippen LogP) is 1.90. The second kappa shape index (κ2) is 5.69. The fraction of sp³-hybridized carbons (Fsp3) is 0.333. The Morgan fingerprint density at radius 1 is 1.30 bits per heavy atom. The van der Waals surface area contributed by atoms with Crippen molar-refractivity contribution in [3.05, 3.63) is 36.6 Å². The molecule has 1 fully saturated rings. The Kier molecular flexibility index (Phi) is 3.85. The first-order chi connectivity index (χ1) is 10.9. The minimum absolute atomic E-state index is 0.100. The molecule has 0 unspecified atom stereocenters. The standard InChI is InChI=1S/C15H17N3O4S/c1-15(9-23(20,21)10-15)8-16-14(19)17-12-7-22-18-13(12)11-5-3-2-4-6-11/h2-7H,8-10H2,1H3,(H2,16,17,19). The van der Waals surface area contributed by atoms with E-state index in [0.717, 1.165) is 5.56 Å². The SMILES string of the molecule is CC1(CNC(=O)Nc2conc2-c2ccccc2)CS(=O)(=O)C1. The summed E-state index contributed by atoms with van der Waals surface area (Å²) < 4.78 is 27.4. The fourth-order valence-corrected chi connectivity index (χ4v) is 4.95. The third-order valence-corrected chi connectivity index (χ3v) is 5.95. The van der Waals surface area contributed by atoms with Crippen LogP contribution >= 0.6 is 0 Å². The van der Waals surface area contributed by atoms with Gasteiger partial charge in [0.2, 0.25) is 0 Å². The Labute approximate surface area is 134 Å². The molecule has 23 heavy (non-hydrogen) atoms. The molecule has 0 bridgehead atoms.